The second-order valence-corrected chi connectivity index (χ2v) is 7.98. The summed E-state index contributed by atoms with van der Waals surface area (Å²) >= 11 is 0. The smallest absolute Gasteiger partial charge is 0.318 e. The van der Waals surface area contributed by atoms with Gasteiger partial charge >= 0.3 is 6.03 Å². The minimum Gasteiger partial charge on any atom is -0.368 e. The topological polar surface area (TPSA) is 108 Å². The highest BCUT2D eigenvalue weighted by Gasteiger charge is 2.49. The second kappa shape index (κ2) is 7.79. The average molecular weight is 387 g/mol. The van der Waals surface area contributed by atoms with Crippen LogP contribution < -0.4 is 16.4 Å². The van der Waals surface area contributed by atoms with Gasteiger partial charge in [-0.25, -0.2) is 4.79 Å². The van der Waals surface area contributed by atoms with Gasteiger partial charge in [0.15, 0.2) is 0 Å². The first-order valence-electron chi connectivity index (χ1n) is 9.63. The Balaban J connectivity index is 1.64. The minimum absolute atomic E-state index is 0.0484. The Morgan fingerprint density at radius 2 is 1.86 bits per heavy atom. The molecule has 3 rings (SSSR count). The van der Waals surface area contributed by atoms with Gasteiger partial charge in [0.2, 0.25) is 11.8 Å². The second-order valence-electron chi connectivity index (χ2n) is 7.98. The van der Waals surface area contributed by atoms with Gasteiger partial charge in [0.1, 0.15) is 6.54 Å². The van der Waals surface area contributed by atoms with Gasteiger partial charge in [-0.15, -0.1) is 0 Å². The monoisotopic (exact) mass is 387 g/mol. The van der Waals surface area contributed by atoms with E-state index in [0.29, 0.717) is 6.54 Å². The molecule has 1 spiro atoms. The molecule has 4 N–H and O–H groups in total. The number of nitrogens with zero attached hydrogens (tertiary/aromatic N) is 2. The Morgan fingerprint density at radius 1 is 1.21 bits per heavy atom. The van der Waals surface area contributed by atoms with Gasteiger partial charge in [0, 0.05) is 19.1 Å². The fourth-order valence-electron chi connectivity index (χ4n) is 4.39. The van der Waals surface area contributed by atoms with E-state index in [0.717, 1.165) is 25.7 Å². The summed E-state index contributed by atoms with van der Waals surface area (Å²) < 4.78 is 0. The van der Waals surface area contributed by atoms with Crippen molar-refractivity contribution in [1.82, 2.24) is 20.4 Å². The molecule has 1 aliphatic heterocycles. The van der Waals surface area contributed by atoms with Gasteiger partial charge in [-0.3, -0.25) is 9.59 Å². The first kappa shape index (κ1) is 20.1. The largest absolute Gasteiger partial charge is 0.368 e. The zero-order valence-electron chi connectivity index (χ0n) is 16.5. The number of rotatable bonds is 6. The molecule has 0 unspecified atom stereocenters. The summed E-state index contributed by atoms with van der Waals surface area (Å²) in [7, 11) is 3.50. The van der Waals surface area contributed by atoms with Crippen molar-refractivity contribution in [3.05, 3.63) is 35.9 Å². The van der Waals surface area contributed by atoms with Crippen molar-refractivity contribution < 1.29 is 14.4 Å². The molecule has 1 aliphatic carbocycles. The Labute approximate surface area is 165 Å². The molecule has 2 fully saturated rings. The predicted molar refractivity (Wildman–Crippen MR) is 105 cm³/mol. The van der Waals surface area contributed by atoms with E-state index in [4.69, 9.17) is 5.73 Å². The van der Waals surface area contributed by atoms with Crippen molar-refractivity contribution in [2.75, 3.05) is 33.7 Å². The fourth-order valence-corrected chi connectivity index (χ4v) is 4.39. The van der Waals surface area contributed by atoms with Crippen molar-refractivity contribution in [2.45, 2.75) is 36.8 Å². The first-order valence-corrected chi connectivity index (χ1v) is 9.63. The summed E-state index contributed by atoms with van der Waals surface area (Å²) in [5, 5.41) is 6.61. The van der Waals surface area contributed by atoms with E-state index in [1.165, 1.54) is 22.4 Å². The summed E-state index contributed by atoms with van der Waals surface area (Å²) in [6, 6.07) is 10.2. The third kappa shape index (κ3) is 3.96. The van der Waals surface area contributed by atoms with Gasteiger partial charge < -0.3 is 26.2 Å². The van der Waals surface area contributed by atoms with Gasteiger partial charge in [-0.2, -0.15) is 0 Å². The Morgan fingerprint density at radius 3 is 2.43 bits per heavy atom. The predicted octanol–water partition coefficient (Wildman–Crippen LogP) is 0.383. The number of carbonyl (C=O) groups is 3. The molecule has 1 aromatic rings. The summed E-state index contributed by atoms with van der Waals surface area (Å²) in [6.45, 7) is 0.297. The van der Waals surface area contributed by atoms with E-state index in [1.807, 2.05) is 25.2 Å². The number of likely N-dealkylation sites (N-methyl/N-ethyl adjacent to an activating group) is 1. The molecule has 0 atom stereocenters. The van der Waals surface area contributed by atoms with Crippen LogP contribution in [-0.2, 0) is 15.1 Å². The van der Waals surface area contributed by atoms with Crippen molar-refractivity contribution in [3.8, 4) is 0 Å². The molecule has 8 nitrogen and oxygen atoms in total. The fraction of sp³-hybridized carbons (Fsp3) is 0.550. The van der Waals surface area contributed by atoms with E-state index in [9.17, 15) is 14.4 Å². The number of nitrogens with one attached hydrogen (secondary N) is 2. The van der Waals surface area contributed by atoms with E-state index in [2.05, 4.69) is 22.8 Å². The molecule has 0 bridgehead atoms. The number of carbonyl (C=O) groups excluding carboxylic acids is 3. The van der Waals surface area contributed by atoms with Crippen LogP contribution >= 0.6 is 0 Å². The Kier molecular flexibility index (Phi) is 5.60. The van der Waals surface area contributed by atoms with Crippen molar-refractivity contribution >= 4 is 17.8 Å². The standard InChI is InChI=1S/C20H29N5O3/c1-22-20(15-6-4-3-5-7-15)10-8-19(9-11-20)14-25(18(28)23-19)13-17(27)24(2)12-16(21)26/h3-7,22H,8-14H2,1-2H3,(H2,21,26)(H,23,28)/t19-,20-. The molecule has 1 aromatic carbocycles. The molecular formula is C20H29N5O3. The molecule has 152 valence electrons. The van der Waals surface area contributed by atoms with Crippen LogP contribution in [0.15, 0.2) is 30.3 Å². The average Bonchev–Trinajstić information content (AvgIpc) is 2.98. The van der Waals surface area contributed by atoms with Gasteiger partial charge in [-0.1, -0.05) is 30.3 Å². The van der Waals surface area contributed by atoms with Gasteiger partial charge in [-0.05, 0) is 38.3 Å². The number of hydrogen-bond donors (Lipinski definition) is 3. The summed E-state index contributed by atoms with van der Waals surface area (Å²) in [5.74, 6) is -0.870. The lowest BCUT2D eigenvalue weighted by molar-refractivity contribution is -0.134. The van der Waals surface area contributed by atoms with Crippen LogP contribution in [0.4, 0.5) is 4.79 Å². The molecular weight excluding hydrogens is 358 g/mol. The van der Waals surface area contributed by atoms with Gasteiger partial charge in [0.25, 0.3) is 0 Å². The van der Waals surface area contributed by atoms with Crippen LogP contribution in [0.3, 0.4) is 0 Å². The normalized spacial score (nSPS) is 26.9. The first-order chi connectivity index (χ1) is 13.3. The SMILES string of the molecule is CN[C@]1(c2ccccc2)CC[C@@]2(CC1)CN(CC(=O)N(C)CC(N)=O)C(=O)N2. The molecule has 4 amide bonds. The maximum absolute atomic E-state index is 12.5. The molecule has 28 heavy (non-hydrogen) atoms. The lowest BCUT2D eigenvalue weighted by atomic mass is 9.69. The number of benzene rings is 1. The van der Waals surface area contributed by atoms with E-state index < -0.39 is 5.91 Å². The number of amides is 4. The number of urea groups is 1. The van der Waals surface area contributed by atoms with Crippen LogP contribution in [0.5, 0.6) is 0 Å². The van der Waals surface area contributed by atoms with Gasteiger partial charge in [0.05, 0.1) is 12.1 Å². The highest BCUT2D eigenvalue weighted by Crippen LogP contribution is 2.42. The molecule has 1 heterocycles. The van der Waals surface area contributed by atoms with Crippen LogP contribution in [0, 0.1) is 0 Å². The maximum Gasteiger partial charge on any atom is 0.318 e. The quantitative estimate of drug-likeness (QED) is 0.656. The number of hydrogen-bond acceptors (Lipinski definition) is 4. The summed E-state index contributed by atoms with van der Waals surface area (Å²) in [6.07, 6.45) is 3.46. The lowest BCUT2D eigenvalue weighted by Crippen LogP contribution is -2.53. The Hall–Kier alpha value is -2.61. The van der Waals surface area contributed by atoms with Crippen LogP contribution in [0.2, 0.25) is 0 Å². The molecule has 1 saturated heterocycles. The maximum atomic E-state index is 12.5. The zero-order chi connectivity index (χ0) is 20.4. The van der Waals surface area contributed by atoms with Crippen LogP contribution in [-0.4, -0.2) is 66.9 Å². The van der Waals surface area contributed by atoms with E-state index in [1.54, 1.807) is 0 Å². The minimum atomic E-state index is -0.574. The van der Waals surface area contributed by atoms with E-state index >= 15 is 0 Å². The Bertz CT molecular complexity index is 743. The zero-order valence-corrected chi connectivity index (χ0v) is 16.5. The van der Waals surface area contributed by atoms with Crippen LogP contribution in [0.1, 0.15) is 31.2 Å². The molecule has 8 heteroatoms. The highest BCUT2D eigenvalue weighted by molar-refractivity contribution is 5.88. The lowest BCUT2D eigenvalue weighted by Gasteiger charge is -2.45. The van der Waals surface area contributed by atoms with Crippen molar-refractivity contribution in [3.63, 3.8) is 0 Å². The molecule has 2 aliphatic rings. The third-order valence-corrected chi connectivity index (χ3v) is 6.16. The molecule has 0 radical (unpaired) electrons. The van der Waals surface area contributed by atoms with E-state index in [-0.39, 0.29) is 36.1 Å². The number of primary amides is 1. The van der Waals surface area contributed by atoms with Crippen LogP contribution in [0.25, 0.3) is 0 Å². The summed E-state index contributed by atoms with van der Waals surface area (Å²) in [5.41, 5.74) is 5.99. The molecule has 0 aromatic heterocycles. The highest BCUT2D eigenvalue weighted by atomic mass is 16.2. The van der Waals surface area contributed by atoms with Crippen molar-refractivity contribution in [2.24, 2.45) is 5.73 Å². The number of nitrogens with two attached hydrogens (primary N) is 1. The third-order valence-electron chi connectivity index (χ3n) is 6.16. The van der Waals surface area contributed by atoms with Crippen molar-refractivity contribution in [1.29, 1.82) is 0 Å². The summed E-state index contributed by atoms with van der Waals surface area (Å²) in [4.78, 5) is 38.5. The molecule has 1 saturated carbocycles.